The Bertz CT molecular complexity index is 284. The van der Waals surface area contributed by atoms with E-state index >= 15 is 0 Å². The molecule has 0 aromatic carbocycles. The van der Waals surface area contributed by atoms with Gasteiger partial charge in [0.1, 0.15) is 0 Å². The molecule has 14 heavy (non-hydrogen) atoms. The Labute approximate surface area is 83.9 Å². The molecule has 1 amide bonds. The van der Waals surface area contributed by atoms with Crippen LogP contribution in [-0.2, 0) is 4.79 Å². The van der Waals surface area contributed by atoms with E-state index in [4.69, 9.17) is 0 Å². The van der Waals surface area contributed by atoms with Crippen LogP contribution in [-0.4, -0.2) is 31.5 Å². The third-order valence-corrected chi connectivity index (χ3v) is 1.96. The molecule has 0 fully saturated rings. The Morgan fingerprint density at radius 1 is 1.57 bits per heavy atom. The van der Waals surface area contributed by atoms with Crippen LogP contribution in [0, 0.1) is 6.92 Å². The number of rotatable bonds is 5. The van der Waals surface area contributed by atoms with Gasteiger partial charge in [0.2, 0.25) is 6.41 Å². The number of carbonyl (C=O) groups is 1. The lowest BCUT2D eigenvalue weighted by molar-refractivity contribution is -0.107. The van der Waals surface area contributed by atoms with E-state index in [0.29, 0.717) is 6.54 Å². The second-order valence-electron chi connectivity index (χ2n) is 3.06. The molecule has 0 saturated carbocycles. The van der Waals surface area contributed by atoms with Gasteiger partial charge >= 0.3 is 0 Å². The zero-order valence-electron chi connectivity index (χ0n) is 8.53. The van der Waals surface area contributed by atoms with E-state index < -0.39 is 0 Å². The van der Waals surface area contributed by atoms with Gasteiger partial charge in [0.15, 0.2) is 0 Å². The maximum absolute atomic E-state index is 10.8. The highest BCUT2D eigenvalue weighted by atomic mass is 16.1. The van der Waals surface area contributed by atoms with Crippen molar-refractivity contribution in [3.8, 4) is 0 Å². The van der Waals surface area contributed by atoms with Crippen molar-refractivity contribution in [1.29, 1.82) is 0 Å². The standard InChI is InChI=1S/C10H15N3O/c1-9-3-4-10(7-12-9)13(8-14)6-5-11-2/h3-4,7-8,11H,5-6H2,1-2H3. The molecule has 0 unspecified atom stereocenters. The molecule has 0 atom stereocenters. The van der Waals surface area contributed by atoms with E-state index in [2.05, 4.69) is 10.3 Å². The van der Waals surface area contributed by atoms with Crippen molar-refractivity contribution in [3.63, 3.8) is 0 Å². The van der Waals surface area contributed by atoms with Gasteiger partial charge in [-0.15, -0.1) is 0 Å². The molecule has 0 aliphatic rings. The molecule has 0 aliphatic heterocycles. The summed E-state index contributed by atoms with van der Waals surface area (Å²) in [5.41, 5.74) is 1.79. The van der Waals surface area contributed by atoms with Crippen LogP contribution in [0.15, 0.2) is 18.3 Å². The number of carbonyl (C=O) groups excluding carboxylic acids is 1. The Morgan fingerprint density at radius 3 is 2.86 bits per heavy atom. The van der Waals surface area contributed by atoms with Crippen molar-refractivity contribution in [2.24, 2.45) is 0 Å². The van der Waals surface area contributed by atoms with Crippen LogP contribution < -0.4 is 10.2 Å². The number of likely N-dealkylation sites (N-methyl/N-ethyl adjacent to an activating group) is 1. The summed E-state index contributed by atoms with van der Waals surface area (Å²) < 4.78 is 0. The predicted octanol–water partition coefficient (Wildman–Crippen LogP) is 0.572. The van der Waals surface area contributed by atoms with E-state index in [1.54, 1.807) is 11.1 Å². The number of hydrogen-bond donors (Lipinski definition) is 1. The van der Waals surface area contributed by atoms with Crippen LogP contribution in [0.5, 0.6) is 0 Å². The summed E-state index contributed by atoms with van der Waals surface area (Å²) in [6, 6.07) is 3.79. The number of aryl methyl sites for hydroxylation is 1. The summed E-state index contributed by atoms with van der Waals surface area (Å²) >= 11 is 0. The Morgan fingerprint density at radius 2 is 2.36 bits per heavy atom. The molecule has 1 heterocycles. The molecule has 1 aromatic rings. The van der Waals surface area contributed by atoms with E-state index in [1.165, 1.54) is 0 Å². The molecule has 0 bridgehead atoms. The van der Waals surface area contributed by atoms with Crippen LogP contribution in [0.4, 0.5) is 5.69 Å². The van der Waals surface area contributed by atoms with Crippen molar-refractivity contribution < 1.29 is 4.79 Å². The van der Waals surface area contributed by atoms with E-state index in [-0.39, 0.29) is 0 Å². The molecule has 0 spiro atoms. The zero-order valence-corrected chi connectivity index (χ0v) is 8.53. The van der Waals surface area contributed by atoms with Crippen molar-refractivity contribution >= 4 is 12.1 Å². The molecule has 76 valence electrons. The van der Waals surface area contributed by atoms with Gasteiger partial charge in [-0.2, -0.15) is 0 Å². The minimum Gasteiger partial charge on any atom is -0.318 e. The van der Waals surface area contributed by atoms with Crippen molar-refractivity contribution in [2.45, 2.75) is 6.92 Å². The van der Waals surface area contributed by atoms with Crippen molar-refractivity contribution in [2.75, 3.05) is 25.0 Å². The first-order chi connectivity index (χ1) is 6.77. The number of amides is 1. The van der Waals surface area contributed by atoms with Crippen molar-refractivity contribution in [1.82, 2.24) is 10.3 Å². The normalized spacial score (nSPS) is 9.86. The largest absolute Gasteiger partial charge is 0.318 e. The zero-order chi connectivity index (χ0) is 10.4. The molecule has 1 aromatic heterocycles. The highest BCUT2D eigenvalue weighted by Crippen LogP contribution is 2.10. The van der Waals surface area contributed by atoms with Gasteiger partial charge in [-0.1, -0.05) is 0 Å². The summed E-state index contributed by atoms with van der Waals surface area (Å²) in [6.45, 7) is 3.35. The second kappa shape index (κ2) is 5.34. The lowest BCUT2D eigenvalue weighted by atomic mass is 10.3. The van der Waals surface area contributed by atoms with Crippen LogP contribution >= 0.6 is 0 Å². The second-order valence-corrected chi connectivity index (χ2v) is 3.06. The number of hydrogen-bond acceptors (Lipinski definition) is 3. The topological polar surface area (TPSA) is 45.2 Å². The molecule has 1 N–H and O–H groups in total. The van der Waals surface area contributed by atoms with E-state index in [9.17, 15) is 4.79 Å². The predicted molar refractivity (Wildman–Crippen MR) is 56.3 cm³/mol. The number of nitrogens with zero attached hydrogens (tertiary/aromatic N) is 2. The lowest BCUT2D eigenvalue weighted by Gasteiger charge is -2.16. The molecule has 0 radical (unpaired) electrons. The summed E-state index contributed by atoms with van der Waals surface area (Å²) in [4.78, 5) is 16.5. The third kappa shape index (κ3) is 2.81. The van der Waals surface area contributed by atoms with Gasteiger partial charge < -0.3 is 10.2 Å². The number of nitrogens with one attached hydrogen (secondary N) is 1. The summed E-state index contributed by atoms with van der Waals surface area (Å²) in [7, 11) is 1.86. The number of anilines is 1. The van der Waals surface area contributed by atoms with Gasteiger partial charge in [-0.3, -0.25) is 9.78 Å². The quantitative estimate of drug-likeness (QED) is 0.695. The van der Waals surface area contributed by atoms with Crippen LogP contribution in [0.1, 0.15) is 5.69 Å². The fraction of sp³-hybridized carbons (Fsp3) is 0.400. The molecular weight excluding hydrogens is 178 g/mol. The first-order valence-corrected chi connectivity index (χ1v) is 4.57. The van der Waals surface area contributed by atoms with Gasteiger partial charge in [0.25, 0.3) is 0 Å². The van der Waals surface area contributed by atoms with Gasteiger partial charge in [0, 0.05) is 18.8 Å². The van der Waals surface area contributed by atoms with Crippen molar-refractivity contribution in [3.05, 3.63) is 24.0 Å². The summed E-state index contributed by atoms with van der Waals surface area (Å²) in [5, 5.41) is 2.99. The maximum Gasteiger partial charge on any atom is 0.214 e. The first kappa shape index (κ1) is 10.7. The molecule has 0 aliphatic carbocycles. The molecular formula is C10H15N3O. The maximum atomic E-state index is 10.8. The Kier molecular flexibility index (Phi) is 4.07. The highest BCUT2D eigenvalue weighted by molar-refractivity contribution is 5.74. The van der Waals surface area contributed by atoms with Crippen LogP contribution in [0.3, 0.4) is 0 Å². The van der Waals surface area contributed by atoms with Gasteiger partial charge in [0.05, 0.1) is 11.9 Å². The Balaban J connectivity index is 2.68. The van der Waals surface area contributed by atoms with Gasteiger partial charge in [-0.05, 0) is 26.1 Å². The van der Waals surface area contributed by atoms with E-state index in [0.717, 1.165) is 24.3 Å². The fourth-order valence-electron chi connectivity index (χ4n) is 1.10. The smallest absolute Gasteiger partial charge is 0.214 e. The van der Waals surface area contributed by atoms with Gasteiger partial charge in [-0.25, -0.2) is 0 Å². The number of pyridine rings is 1. The molecule has 4 heteroatoms. The third-order valence-electron chi connectivity index (χ3n) is 1.96. The minimum atomic E-state index is 0.657. The molecule has 0 saturated heterocycles. The molecule has 1 rings (SSSR count). The average molecular weight is 193 g/mol. The minimum absolute atomic E-state index is 0.657. The van der Waals surface area contributed by atoms with Crippen LogP contribution in [0.2, 0.25) is 0 Å². The SMILES string of the molecule is CNCCN(C=O)c1ccc(C)nc1. The average Bonchev–Trinajstić information content (AvgIpc) is 2.21. The van der Waals surface area contributed by atoms with E-state index in [1.807, 2.05) is 26.1 Å². The monoisotopic (exact) mass is 193 g/mol. The Hall–Kier alpha value is -1.42. The summed E-state index contributed by atoms with van der Waals surface area (Å²) in [6.07, 6.45) is 2.53. The first-order valence-electron chi connectivity index (χ1n) is 4.57. The fourth-order valence-corrected chi connectivity index (χ4v) is 1.10. The summed E-state index contributed by atoms with van der Waals surface area (Å²) in [5.74, 6) is 0. The molecule has 4 nitrogen and oxygen atoms in total. The van der Waals surface area contributed by atoms with Crippen LogP contribution in [0.25, 0.3) is 0 Å². The highest BCUT2D eigenvalue weighted by Gasteiger charge is 2.03. The lowest BCUT2D eigenvalue weighted by Crippen LogP contribution is -2.29. The number of aromatic nitrogens is 1.